The summed E-state index contributed by atoms with van der Waals surface area (Å²) in [5.74, 6) is -0.388. The quantitative estimate of drug-likeness (QED) is 0.132. The Morgan fingerprint density at radius 3 is 2.55 bits per heavy atom. The Morgan fingerprint density at radius 2 is 1.98 bits per heavy atom. The third kappa shape index (κ3) is 9.17. The van der Waals surface area contributed by atoms with E-state index in [0.717, 1.165) is 22.5 Å². The summed E-state index contributed by atoms with van der Waals surface area (Å²) < 4.78 is 38.4. The Balaban J connectivity index is 2.19. The molecule has 1 fully saturated rings. The van der Waals surface area contributed by atoms with Crippen molar-refractivity contribution in [2.75, 3.05) is 19.0 Å². The van der Waals surface area contributed by atoms with Gasteiger partial charge in [0.15, 0.2) is 11.3 Å². The zero-order valence-electron chi connectivity index (χ0n) is 23.3. The lowest BCUT2D eigenvalue weighted by molar-refractivity contribution is -0.149. The smallest absolute Gasteiger partial charge is 0.330 e. The number of aryl methyl sites for hydroxylation is 1. The van der Waals surface area contributed by atoms with Crippen LogP contribution in [0, 0.1) is 12.3 Å². The van der Waals surface area contributed by atoms with E-state index in [0.29, 0.717) is 0 Å². The maximum Gasteiger partial charge on any atom is 0.330 e. The average molecular weight is 648 g/mol. The van der Waals surface area contributed by atoms with Crippen LogP contribution in [-0.2, 0) is 39.9 Å². The number of aliphatic hydroxyl groups is 1. The van der Waals surface area contributed by atoms with E-state index in [1.54, 1.807) is 34.6 Å². The second kappa shape index (κ2) is 13.9. The number of carbonyl (C=O) groups is 2. The molecule has 17 heteroatoms. The number of halogens is 2. The predicted molar refractivity (Wildman–Crippen MR) is 153 cm³/mol. The molecule has 0 saturated carbocycles. The third-order valence-electron chi connectivity index (χ3n) is 5.43. The summed E-state index contributed by atoms with van der Waals surface area (Å²) in [5, 5.41) is 10.3. The molecule has 1 aromatic heterocycles. The zero-order chi connectivity index (χ0) is 30.6. The van der Waals surface area contributed by atoms with Crippen molar-refractivity contribution in [2.24, 2.45) is 5.41 Å². The fraction of sp³-hybridized carbons (Fsp3) is 0.739. The van der Waals surface area contributed by atoms with Crippen LogP contribution in [0.15, 0.2) is 15.8 Å². The molecule has 0 radical (unpaired) electrons. The van der Waals surface area contributed by atoms with Crippen molar-refractivity contribution in [3.05, 3.63) is 32.6 Å². The van der Waals surface area contributed by atoms with Crippen molar-refractivity contribution in [3.63, 3.8) is 0 Å². The predicted octanol–water partition coefficient (Wildman–Crippen LogP) is 2.50. The lowest BCUT2D eigenvalue weighted by atomic mass is 10.00. The number of nitrogens with one attached hydrogen (secondary N) is 2. The first-order valence-electron chi connectivity index (χ1n) is 12.4. The number of hydrogen-bond acceptors (Lipinski definition) is 11. The van der Waals surface area contributed by atoms with Gasteiger partial charge >= 0.3 is 11.7 Å². The third-order valence-corrected chi connectivity index (χ3v) is 9.75. The number of hydrogen-bond donors (Lipinski definition) is 3. The minimum absolute atomic E-state index is 0.0337. The number of nitrogens with zero attached hydrogens (tertiary/aromatic N) is 1. The van der Waals surface area contributed by atoms with Crippen LogP contribution in [0.3, 0.4) is 0 Å². The Hall–Kier alpha value is -1.16. The van der Waals surface area contributed by atoms with E-state index in [-0.39, 0.29) is 23.0 Å². The number of rotatable bonds is 12. The number of alkyl halides is 2. The molecular formula is C23H36ClFN3O9PS2. The number of thioether (sulfide) groups is 1. The number of H-pyrrole nitrogens is 1. The van der Waals surface area contributed by atoms with Crippen LogP contribution >= 0.6 is 30.0 Å². The van der Waals surface area contributed by atoms with Crippen molar-refractivity contribution in [2.45, 2.75) is 84.2 Å². The summed E-state index contributed by atoms with van der Waals surface area (Å²) in [4.78, 5) is 50.6. The maximum absolute atomic E-state index is 15.4. The first-order chi connectivity index (χ1) is 18.3. The van der Waals surface area contributed by atoms with Crippen LogP contribution < -0.4 is 16.3 Å². The number of carbonyl (C=O) groups excluding carboxylic acids is 2. The summed E-state index contributed by atoms with van der Waals surface area (Å²) >= 11 is 12.6. The second-order valence-electron chi connectivity index (χ2n) is 10.5. The minimum Gasteiger partial charge on any atom is -0.462 e. The number of ether oxygens (including phenoxy) is 2. The Bertz CT molecular complexity index is 1240. The number of aromatic amines is 1. The van der Waals surface area contributed by atoms with Crippen LogP contribution in [0.5, 0.6) is 0 Å². The van der Waals surface area contributed by atoms with E-state index in [2.05, 4.69) is 5.09 Å². The summed E-state index contributed by atoms with van der Waals surface area (Å²) in [5.41, 5.74) is -2.14. The minimum atomic E-state index is -3.52. The normalized spacial score (nSPS) is 25.5. The van der Waals surface area contributed by atoms with Crippen molar-refractivity contribution >= 4 is 52.9 Å². The van der Waals surface area contributed by atoms with Gasteiger partial charge in [0.1, 0.15) is 18.2 Å². The number of aliphatic hydroxyl groups excluding tert-OH is 1. The van der Waals surface area contributed by atoms with Crippen molar-refractivity contribution < 1.29 is 37.6 Å². The van der Waals surface area contributed by atoms with Crippen LogP contribution in [0.2, 0.25) is 0 Å². The fourth-order valence-electron chi connectivity index (χ4n) is 3.28. The molecule has 1 aliphatic heterocycles. The Morgan fingerprint density at radius 1 is 1.35 bits per heavy atom. The molecule has 0 spiro atoms. The monoisotopic (exact) mass is 647 g/mol. The van der Waals surface area contributed by atoms with Gasteiger partial charge in [-0.25, -0.2) is 14.3 Å². The highest BCUT2D eigenvalue weighted by Crippen LogP contribution is 2.48. The largest absolute Gasteiger partial charge is 0.462 e. The molecule has 6 atom stereocenters. The lowest BCUT2D eigenvalue weighted by Gasteiger charge is -2.28. The molecule has 0 unspecified atom stereocenters. The first kappa shape index (κ1) is 35.0. The van der Waals surface area contributed by atoms with Gasteiger partial charge in [-0.3, -0.25) is 23.9 Å². The molecule has 3 N–H and O–H groups in total. The molecule has 228 valence electrons. The van der Waals surface area contributed by atoms with E-state index < -0.39 is 71.6 Å². The van der Waals surface area contributed by atoms with Gasteiger partial charge in [-0.1, -0.05) is 44.1 Å². The van der Waals surface area contributed by atoms with Crippen LogP contribution in [0.1, 0.15) is 53.3 Å². The summed E-state index contributed by atoms with van der Waals surface area (Å²) in [6.07, 6.45) is -4.55. The van der Waals surface area contributed by atoms with E-state index in [1.165, 1.54) is 13.8 Å². The highest BCUT2D eigenvalue weighted by Gasteiger charge is 2.58. The zero-order valence-corrected chi connectivity index (χ0v) is 26.5. The topological polar surface area (TPSA) is 158 Å². The average Bonchev–Trinajstić information content (AvgIpc) is 3.05. The van der Waals surface area contributed by atoms with Gasteiger partial charge in [0.05, 0.1) is 19.3 Å². The van der Waals surface area contributed by atoms with E-state index in [9.17, 15) is 24.3 Å². The molecule has 12 nitrogen and oxygen atoms in total. The van der Waals surface area contributed by atoms with E-state index in [4.69, 9.17) is 41.9 Å². The van der Waals surface area contributed by atoms with Crippen molar-refractivity contribution in [1.29, 1.82) is 0 Å². The molecule has 1 aromatic rings. The maximum atomic E-state index is 15.4. The van der Waals surface area contributed by atoms with E-state index >= 15 is 4.39 Å². The van der Waals surface area contributed by atoms with Crippen molar-refractivity contribution in [3.8, 4) is 0 Å². The highest BCUT2D eigenvalue weighted by atomic mass is 35.5. The lowest BCUT2D eigenvalue weighted by Crippen LogP contribution is -2.42. The van der Waals surface area contributed by atoms with Gasteiger partial charge in [0, 0.05) is 22.9 Å². The summed E-state index contributed by atoms with van der Waals surface area (Å²) in [7, 11) is 0. The van der Waals surface area contributed by atoms with Crippen LogP contribution in [0.4, 0.5) is 4.39 Å². The van der Waals surface area contributed by atoms with Gasteiger partial charge in [-0.05, 0) is 39.5 Å². The molecule has 0 aromatic carbocycles. The van der Waals surface area contributed by atoms with Gasteiger partial charge in [-0.2, -0.15) is 0 Å². The standard InChI is InChI=1S/C23H36ClFN3O9PS2/c1-12(2)36-18(31)14(4)27-38(39,34-8-9-40-20(32)22(5,6)7)35-11-15-16(29)23(24,25)19(37-15)28-10-13(3)17(30)26-21(28)33/h10,12,14-16,19,29H,8-9,11H2,1-7H3,(H,27,39)(H,26,30,33)/t14-,15-,16-,19-,23-,38-/m1/s1. The highest BCUT2D eigenvalue weighted by molar-refractivity contribution is 8.13. The molecule has 0 aliphatic carbocycles. The summed E-state index contributed by atoms with van der Waals surface area (Å²) in [6.45, 7) is 7.49. The van der Waals surface area contributed by atoms with Crippen molar-refractivity contribution in [1.82, 2.24) is 14.6 Å². The molecule has 0 bridgehead atoms. The Labute approximate surface area is 245 Å². The Kier molecular flexibility index (Phi) is 12.2. The van der Waals surface area contributed by atoms with Gasteiger partial charge in [0.25, 0.3) is 17.3 Å². The van der Waals surface area contributed by atoms with Crippen LogP contribution in [0.25, 0.3) is 0 Å². The first-order valence-corrected chi connectivity index (χ1v) is 16.4. The second-order valence-corrected chi connectivity index (χ2v) is 15.3. The molecule has 2 heterocycles. The molecule has 1 saturated heterocycles. The van der Waals surface area contributed by atoms with Gasteiger partial charge in [-0.15, -0.1) is 0 Å². The molecule has 0 amide bonds. The molecular weight excluding hydrogens is 612 g/mol. The fourth-order valence-corrected chi connectivity index (χ4v) is 6.85. The molecule has 2 rings (SSSR count). The molecule has 1 aliphatic rings. The number of aromatic nitrogens is 2. The SMILES string of the molecule is Cc1cn([C@@H]2O[C@H](CO[P@@](=S)(N[C@H](C)C(=O)OC(C)C)OCCSC(=O)C(C)(C)C)[C@@H](O)[C@]2(F)Cl)c(=O)[nH]c1=O. The van der Waals surface area contributed by atoms with E-state index in [1.807, 2.05) is 4.98 Å². The summed E-state index contributed by atoms with van der Waals surface area (Å²) in [6, 6.07) is -0.963. The number of esters is 1. The van der Waals surface area contributed by atoms with Gasteiger partial charge < -0.3 is 23.6 Å². The van der Waals surface area contributed by atoms with Gasteiger partial charge in [0.2, 0.25) is 0 Å². The van der Waals surface area contributed by atoms with Crippen LogP contribution in [-0.4, -0.2) is 74.2 Å². The molecule has 40 heavy (non-hydrogen) atoms.